The Balaban J connectivity index is 1.68. The van der Waals surface area contributed by atoms with E-state index >= 15 is 0 Å². The maximum Gasteiger partial charge on any atom is 0.302 e. The Morgan fingerprint density at radius 2 is 1.94 bits per heavy atom. The molecular weight excluding hydrogens is 394 g/mol. The van der Waals surface area contributed by atoms with Gasteiger partial charge in [-0.05, 0) is 30.2 Å². The Bertz CT molecular complexity index is 1340. The summed E-state index contributed by atoms with van der Waals surface area (Å²) < 4.78 is 5.46. The van der Waals surface area contributed by atoms with Gasteiger partial charge in [0.1, 0.15) is 6.61 Å². The Morgan fingerprint density at radius 1 is 1.16 bits per heavy atom. The molecule has 1 amide bonds. The van der Waals surface area contributed by atoms with Crippen molar-refractivity contribution in [2.45, 2.75) is 18.9 Å². The van der Waals surface area contributed by atoms with Crippen LogP contribution in [-0.4, -0.2) is 35.0 Å². The van der Waals surface area contributed by atoms with Gasteiger partial charge in [0, 0.05) is 23.4 Å². The van der Waals surface area contributed by atoms with Crippen molar-refractivity contribution in [3.05, 3.63) is 65.4 Å². The summed E-state index contributed by atoms with van der Waals surface area (Å²) in [7, 11) is 0. The van der Waals surface area contributed by atoms with E-state index in [9.17, 15) is 14.4 Å². The zero-order valence-electron chi connectivity index (χ0n) is 16.8. The monoisotopic (exact) mass is 413 g/mol. The predicted molar refractivity (Wildman–Crippen MR) is 113 cm³/mol. The van der Waals surface area contributed by atoms with Gasteiger partial charge < -0.3 is 15.0 Å². The van der Waals surface area contributed by atoms with Crippen LogP contribution in [-0.2, 0) is 26.3 Å². The van der Waals surface area contributed by atoms with Crippen molar-refractivity contribution in [3.63, 3.8) is 0 Å². The SMILES string of the molecule is CC(=O)OCC12NC(=O)[C@@H](Cc3c1[nH]c1ccccc31)[C@@H]1C(=O)c3ccccc3N=C12. The Hall–Kier alpha value is -3.74. The van der Waals surface area contributed by atoms with Gasteiger partial charge in [-0.25, -0.2) is 0 Å². The second-order valence-corrected chi connectivity index (χ2v) is 8.37. The van der Waals surface area contributed by atoms with Crippen molar-refractivity contribution in [3.8, 4) is 0 Å². The van der Waals surface area contributed by atoms with Crippen LogP contribution >= 0.6 is 0 Å². The van der Waals surface area contributed by atoms with Crippen molar-refractivity contribution in [1.29, 1.82) is 0 Å². The summed E-state index contributed by atoms with van der Waals surface area (Å²) in [6.45, 7) is 1.19. The number of aliphatic imine (C=N–C) groups is 1. The van der Waals surface area contributed by atoms with Gasteiger partial charge in [-0.15, -0.1) is 0 Å². The molecule has 3 aromatic rings. The highest BCUT2D eigenvalue weighted by Gasteiger charge is 2.60. The van der Waals surface area contributed by atoms with E-state index in [2.05, 4.69) is 10.3 Å². The van der Waals surface area contributed by atoms with Crippen LogP contribution in [0, 0.1) is 11.8 Å². The summed E-state index contributed by atoms with van der Waals surface area (Å²) >= 11 is 0. The molecule has 7 heteroatoms. The van der Waals surface area contributed by atoms with Crippen LogP contribution in [0.4, 0.5) is 5.69 Å². The zero-order chi connectivity index (χ0) is 21.3. The maximum absolute atomic E-state index is 13.6. The van der Waals surface area contributed by atoms with E-state index in [1.807, 2.05) is 30.3 Å². The Morgan fingerprint density at radius 3 is 2.77 bits per heavy atom. The maximum atomic E-state index is 13.6. The molecular formula is C24H19N3O4. The van der Waals surface area contributed by atoms with Crippen molar-refractivity contribution in [2.75, 3.05) is 6.61 Å². The standard InChI is InChI=1S/C24H19N3O4/c1-12(28)31-11-24-21-15(13-6-2-4-8-17(13)25-21)10-16(23(30)27-24)19-20(29)14-7-3-5-9-18(14)26-22(19)24/h2-9,16,19,25H,10-11H2,1H3,(H,27,30)/t16-,19+,24?/m0/s1. The molecule has 0 saturated carbocycles. The molecule has 7 nitrogen and oxygen atoms in total. The predicted octanol–water partition coefficient (Wildman–Crippen LogP) is 2.81. The molecule has 1 saturated heterocycles. The summed E-state index contributed by atoms with van der Waals surface area (Å²) in [4.78, 5) is 47.0. The fraction of sp³-hybridized carbons (Fsp3) is 0.250. The lowest BCUT2D eigenvalue weighted by molar-refractivity contribution is -0.144. The number of fused-ring (bicyclic) bond motifs is 3. The number of ketones is 1. The third-order valence-corrected chi connectivity index (χ3v) is 6.66. The third-order valence-electron chi connectivity index (χ3n) is 6.66. The molecule has 4 aliphatic rings. The highest BCUT2D eigenvalue weighted by Crippen LogP contribution is 2.48. The summed E-state index contributed by atoms with van der Waals surface area (Å²) in [6, 6.07) is 15.0. The smallest absolute Gasteiger partial charge is 0.302 e. The molecule has 1 aromatic heterocycles. The minimum Gasteiger partial charge on any atom is -0.463 e. The van der Waals surface area contributed by atoms with Gasteiger partial charge in [0.25, 0.3) is 0 Å². The number of nitrogens with one attached hydrogen (secondary N) is 2. The number of aromatic nitrogens is 1. The number of ether oxygens (including phenoxy) is 1. The van der Waals surface area contributed by atoms with Gasteiger partial charge in [-0.2, -0.15) is 0 Å². The first-order valence-electron chi connectivity index (χ1n) is 10.3. The van der Waals surface area contributed by atoms with E-state index in [0.717, 1.165) is 22.2 Å². The first kappa shape index (κ1) is 18.1. The van der Waals surface area contributed by atoms with Gasteiger partial charge in [-0.3, -0.25) is 19.4 Å². The number of amides is 1. The number of hydrogen-bond donors (Lipinski definition) is 2. The highest BCUT2D eigenvalue weighted by molar-refractivity contribution is 6.25. The first-order chi connectivity index (χ1) is 15.0. The second-order valence-electron chi connectivity index (χ2n) is 8.37. The number of esters is 1. The van der Waals surface area contributed by atoms with E-state index in [4.69, 9.17) is 9.73 Å². The number of nitrogens with zero attached hydrogens (tertiary/aromatic N) is 1. The van der Waals surface area contributed by atoms with Gasteiger partial charge in [-0.1, -0.05) is 30.3 Å². The summed E-state index contributed by atoms with van der Waals surface area (Å²) in [5, 5.41) is 4.08. The van der Waals surface area contributed by atoms with Gasteiger partial charge in [0.05, 0.1) is 28.9 Å². The quantitative estimate of drug-likeness (QED) is 0.631. The van der Waals surface area contributed by atoms with E-state index in [0.29, 0.717) is 23.4 Å². The number of carbonyl (C=O) groups excluding carboxylic acids is 3. The number of piperidine rings is 1. The lowest BCUT2D eigenvalue weighted by atomic mass is 9.70. The van der Waals surface area contributed by atoms with Gasteiger partial charge in [0.15, 0.2) is 11.3 Å². The van der Waals surface area contributed by atoms with E-state index in [-0.39, 0.29) is 18.3 Å². The van der Waals surface area contributed by atoms with Crippen LogP contribution in [0.25, 0.3) is 10.9 Å². The lowest BCUT2D eigenvalue weighted by Gasteiger charge is -2.43. The fourth-order valence-electron chi connectivity index (χ4n) is 5.31. The number of aromatic amines is 1. The second kappa shape index (κ2) is 6.14. The van der Waals surface area contributed by atoms with Crippen molar-refractivity contribution < 1.29 is 19.1 Å². The number of rotatable bonds is 2. The number of H-pyrrole nitrogens is 1. The molecule has 0 radical (unpaired) electrons. The molecule has 1 aliphatic carbocycles. The number of benzene rings is 2. The van der Waals surface area contributed by atoms with Gasteiger partial charge >= 0.3 is 5.97 Å². The molecule has 2 bridgehead atoms. The Labute approximate surface area is 177 Å². The Kier molecular flexibility index (Phi) is 3.57. The molecule has 2 aromatic carbocycles. The van der Waals surface area contributed by atoms with Gasteiger partial charge in [0.2, 0.25) is 5.91 Å². The molecule has 7 rings (SSSR count). The summed E-state index contributed by atoms with van der Waals surface area (Å²) in [5.41, 5.74) is 3.02. The first-order valence-corrected chi connectivity index (χ1v) is 10.3. The molecule has 1 unspecified atom stereocenters. The molecule has 3 aliphatic heterocycles. The number of hydrogen-bond acceptors (Lipinski definition) is 5. The van der Waals surface area contributed by atoms with Crippen LogP contribution in [0.1, 0.15) is 28.5 Å². The van der Waals surface area contributed by atoms with E-state index in [1.165, 1.54) is 6.92 Å². The zero-order valence-corrected chi connectivity index (χ0v) is 16.8. The lowest BCUT2D eigenvalue weighted by Crippen LogP contribution is -2.65. The summed E-state index contributed by atoms with van der Waals surface area (Å²) in [6.07, 6.45) is 0.407. The largest absolute Gasteiger partial charge is 0.463 e. The van der Waals surface area contributed by atoms with Crippen LogP contribution in [0.3, 0.4) is 0 Å². The molecule has 3 atom stereocenters. The minimum atomic E-state index is -1.22. The molecule has 1 fully saturated rings. The van der Waals surface area contributed by atoms with Crippen LogP contribution < -0.4 is 5.32 Å². The molecule has 4 heterocycles. The average Bonchev–Trinajstić information content (AvgIpc) is 3.03. The van der Waals surface area contributed by atoms with Crippen LogP contribution in [0.2, 0.25) is 0 Å². The molecule has 0 spiro atoms. The van der Waals surface area contributed by atoms with E-state index in [1.54, 1.807) is 18.2 Å². The normalized spacial score (nSPS) is 25.8. The third kappa shape index (κ3) is 2.34. The van der Waals surface area contributed by atoms with Crippen LogP contribution in [0.15, 0.2) is 53.5 Å². The average molecular weight is 413 g/mol. The van der Waals surface area contributed by atoms with Crippen molar-refractivity contribution in [1.82, 2.24) is 10.3 Å². The molecule has 2 N–H and O–H groups in total. The minimum absolute atomic E-state index is 0.109. The van der Waals surface area contributed by atoms with E-state index < -0.39 is 23.3 Å². The fourth-order valence-corrected chi connectivity index (χ4v) is 5.31. The van der Waals surface area contributed by atoms with Crippen molar-refractivity contribution >= 4 is 40.0 Å². The number of Topliss-reactive ketones (excluding diaryl/α,β-unsaturated/α-hetero) is 1. The summed E-state index contributed by atoms with van der Waals surface area (Å²) in [5.74, 6) is -2.07. The number of para-hydroxylation sites is 2. The molecule has 154 valence electrons. The molecule has 31 heavy (non-hydrogen) atoms. The van der Waals surface area contributed by atoms with Crippen LogP contribution in [0.5, 0.6) is 0 Å². The highest BCUT2D eigenvalue weighted by atomic mass is 16.5. The number of carbonyl (C=O) groups is 3. The topological polar surface area (TPSA) is 101 Å². The van der Waals surface area contributed by atoms with Crippen molar-refractivity contribution in [2.24, 2.45) is 16.8 Å².